The highest BCUT2D eigenvalue weighted by Crippen LogP contribution is 2.09. The molecule has 5 N–H and O–H groups in total. The molecule has 9 heavy (non-hydrogen) atoms. The fourth-order valence-electron chi connectivity index (χ4n) is 0.421. The summed E-state index contributed by atoms with van der Waals surface area (Å²) in [5.41, 5.74) is 5.32. The average Bonchev–Trinajstić information content (AvgIpc) is 1.64. The van der Waals surface area contributed by atoms with Gasteiger partial charge in [0, 0.05) is 10.7 Å². The molecule has 0 saturated carbocycles. The molecule has 0 aliphatic heterocycles. The molecular weight excluding hydrogens is 182 g/mol. The molecular formula is C5H8BrN3. The Bertz CT molecular complexity index is 172. The second-order valence-corrected chi connectivity index (χ2v) is 2.31. The number of pyridine rings is 1. The van der Waals surface area contributed by atoms with E-state index < -0.39 is 0 Å². The van der Waals surface area contributed by atoms with E-state index in [4.69, 9.17) is 5.73 Å². The highest BCUT2D eigenvalue weighted by atomic mass is 79.9. The van der Waals surface area contributed by atoms with Gasteiger partial charge in [0.05, 0.1) is 0 Å². The SMILES string of the molecule is N.Nc1cc(Br)ccn1. The third kappa shape index (κ3) is 2.43. The van der Waals surface area contributed by atoms with Crippen molar-refractivity contribution in [2.24, 2.45) is 0 Å². The van der Waals surface area contributed by atoms with E-state index in [-0.39, 0.29) is 6.15 Å². The maximum Gasteiger partial charge on any atom is 0.124 e. The van der Waals surface area contributed by atoms with Crippen molar-refractivity contribution >= 4 is 21.7 Å². The van der Waals surface area contributed by atoms with Gasteiger partial charge in [-0.3, -0.25) is 0 Å². The van der Waals surface area contributed by atoms with Gasteiger partial charge in [-0.2, -0.15) is 0 Å². The molecule has 0 fully saturated rings. The van der Waals surface area contributed by atoms with Gasteiger partial charge in [-0.05, 0) is 12.1 Å². The second kappa shape index (κ2) is 3.42. The van der Waals surface area contributed by atoms with Gasteiger partial charge in [0.1, 0.15) is 5.82 Å². The zero-order valence-corrected chi connectivity index (χ0v) is 6.43. The summed E-state index contributed by atoms with van der Waals surface area (Å²) < 4.78 is 0.963. The van der Waals surface area contributed by atoms with Gasteiger partial charge in [0.25, 0.3) is 0 Å². The van der Waals surface area contributed by atoms with E-state index in [0.29, 0.717) is 5.82 Å². The molecule has 3 nitrogen and oxygen atoms in total. The molecule has 1 rings (SSSR count). The van der Waals surface area contributed by atoms with Gasteiger partial charge in [0.2, 0.25) is 0 Å². The van der Waals surface area contributed by atoms with Gasteiger partial charge in [-0.25, -0.2) is 4.98 Å². The van der Waals surface area contributed by atoms with Crippen molar-refractivity contribution in [3.05, 3.63) is 22.8 Å². The van der Waals surface area contributed by atoms with E-state index in [2.05, 4.69) is 20.9 Å². The van der Waals surface area contributed by atoms with Crippen molar-refractivity contribution in [1.82, 2.24) is 11.1 Å². The van der Waals surface area contributed by atoms with Crippen molar-refractivity contribution in [1.29, 1.82) is 0 Å². The zero-order valence-electron chi connectivity index (χ0n) is 4.84. The molecule has 1 aromatic heterocycles. The summed E-state index contributed by atoms with van der Waals surface area (Å²) >= 11 is 3.24. The van der Waals surface area contributed by atoms with Crippen molar-refractivity contribution in [3.8, 4) is 0 Å². The number of nitrogen functional groups attached to an aromatic ring is 1. The number of hydrogen-bond acceptors (Lipinski definition) is 3. The molecule has 0 atom stereocenters. The Morgan fingerprint density at radius 1 is 1.56 bits per heavy atom. The molecule has 0 unspecified atom stereocenters. The number of aromatic nitrogens is 1. The minimum atomic E-state index is 0. The molecule has 0 saturated heterocycles. The van der Waals surface area contributed by atoms with E-state index in [0.717, 1.165) is 4.47 Å². The number of hydrogen-bond donors (Lipinski definition) is 2. The van der Waals surface area contributed by atoms with E-state index in [1.165, 1.54) is 0 Å². The van der Waals surface area contributed by atoms with Crippen LogP contribution in [-0.4, -0.2) is 4.98 Å². The molecule has 0 amide bonds. The standard InChI is InChI=1S/C5H5BrN2.H3N/c6-4-1-2-8-5(7)3-4;/h1-3H,(H2,7,8);1H3. The van der Waals surface area contributed by atoms with Crippen molar-refractivity contribution < 1.29 is 0 Å². The van der Waals surface area contributed by atoms with Crippen LogP contribution in [0.4, 0.5) is 5.82 Å². The number of anilines is 1. The molecule has 1 aromatic rings. The molecule has 50 valence electrons. The minimum Gasteiger partial charge on any atom is -0.384 e. The Hall–Kier alpha value is -0.610. The number of rotatable bonds is 0. The lowest BCUT2D eigenvalue weighted by Crippen LogP contribution is -1.86. The number of nitrogens with two attached hydrogens (primary N) is 1. The first-order chi connectivity index (χ1) is 3.79. The summed E-state index contributed by atoms with van der Waals surface area (Å²) in [7, 11) is 0. The first-order valence-electron chi connectivity index (χ1n) is 2.16. The summed E-state index contributed by atoms with van der Waals surface area (Å²) in [6.45, 7) is 0. The zero-order chi connectivity index (χ0) is 5.98. The summed E-state index contributed by atoms with van der Waals surface area (Å²) in [6.07, 6.45) is 1.65. The highest BCUT2D eigenvalue weighted by molar-refractivity contribution is 9.10. The Morgan fingerprint density at radius 3 is 2.56 bits per heavy atom. The van der Waals surface area contributed by atoms with E-state index in [1.54, 1.807) is 12.3 Å². The first kappa shape index (κ1) is 8.39. The topological polar surface area (TPSA) is 73.9 Å². The Morgan fingerprint density at radius 2 is 2.22 bits per heavy atom. The Kier molecular flexibility index (Phi) is 3.19. The van der Waals surface area contributed by atoms with Crippen LogP contribution in [0.2, 0.25) is 0 Å². The first-order valence-corrected chi connectivity index (χ1v) is 2.95. The van der Waals surface area contributed by atoms with Crippen molar-refractivity contribution in [2.45, 2.75) is 0 Å². The van der Waals surface area contributed by atoms with Crippen LogP contribution in [0.25, 0.3) is 0 Å². The molecule has 0 aliphatic carbocycles. The molecule has 0 aromatic carbocycles. The van der Waals surface area contributed by atoms with Crippen LogP contribution in [0.1, 0.15) is 0 Å². The maximum absolute atomic E-state index is 5.32. The van der Waals surface area contributed by atoms with Crippen LogP contribution < -0.4 is 11.9 Å². The van der Waals surface area contributed by atoms with Crippen molar-refractivity contribution in [2.75, 3.05) is 5.73 Å². The minimum absolute atomic E-state index is 0. The van der Waals surface area contributed by atoms with Crippen LogP contribution >= 0.6 is 15.9 Å². The lowest BCUT2D eigenvalue weighted by Gasteiger charge is -1.88. The Balaban J connectivity index is 0.000000640. The predicted molar refractivity (Wildman–Crippen MR) is 41.4 cm³/mol. The third-order valence-corrected chi connectivity index (χ3v) is 1.24. The molecule has 1 heterocycles. The highest BCUT2D eigenvalue weighted by Gasteiger charge is 1.84. The van der Waals surface area contributed by atoms with E-state index >= 15 is 0 Å². The fraction of sp³-hybridized carbons (Fsp3) is 0. The van der Waals surface area contributed by atoms with Crippen LogP contribution in [0.15, 0.2) is 22.8 Å². The fourth-order valence-corrected chi connectivity index (χ4v) is 0.774. The van der Waals surface area contributed by atoms with Gasteiger partial charge in [-0.15, -0.1) is 0 Å². The van der Waals surface area contributed by atoms with Crippen LogP contribution in [-0.2, 0) is 0 Å². The monoisotopic (exact) mass is 189 g/mol. The molecule has 4 heteroatoms. The quantitative estimate of drug-likeness (QED) is 0.652. The average molecular weight is 190 g/mol. The van der Waals surface area contributed by atoms with Crippen LogP contribution in [0.5, 0.6) is 0 Å². The largest absolute Gasteiger partial charge is 0.384 e. The third-order valence-electron chi connectivity index (χ3n) is 0.743. The van der Waals surface area contributed by atoms with Gasteiger partial charge in [-0.1, -0.05) is 15.9 Å². The summed E-state index contributed by atoms with van der Waals surface area (Å²) in [5, 5.41) is 0. The van der Waals surface area contributed by atoms with E-state index in [1.807, 2.05) is 6.07 Å². The lowest BCUT2D eigenvalue weighted by atomic mass is 10.5. The summed E-state index contributed by atoms with van der Waals surface area (Å²) in [4.78, 5) is 3.79. The van der Waals surface area contributed by atoms with Crippen LogP contribution in [0.3, 0.4) is 0 Å². The van der Waals surface area contributed by atoms with E-state index in [9.17, 15) is 0 Å². The summed E-state index contributed by atoms with van der Waals surface area (Å²) in [6, 6.07) is 3.58. The van der Waals surface area contributed by atoms with Gasteiger partial charge in [0.15, 0.2) is 0 Å². The Labute approximate surface area is 62.0 Å². The number of nitrogens with zero attached hydrogens (tertiary/aromatic N) is 1. The van der Waals surface area contributed by atoms with Gasteiger partial charge >= 0.3 is 0 Å². The van der Waals surface area contributed by atoms with Gasteiger partial charge < -0.3 is 11.9 Å². The lowest BCUT2D eigenvalue weighted by molar-refractivity contribution is 1.33. The second-order valence-electron chi connectivity index (χ2n) is 1.40. The predicted octanol–water partition coefficient (Wildman–Crippen LogP) is 1.59. The number of halogens is 1. The molecule has 0 spiro atoms. The molecule has 0 aliphatic rings. The molecule has 0 radical (unpaired) electrons. The van der Waals surface area contributed by atoms with Crippen molar-refractivity contribution in [3.63, 3.8) is 0 Å². The summed E-state index contributed by atoms with van der Waals surface area (Å²) in [5.74, 6) is 0.541. The normalized spacial score (nSPS) is 8.11. The smallest absolute Gasteiger partial charge is 0.124 e. The molecule has 0 bridgehead atoms. The maximum atomic E-state index is 5.32. The van der Waals surface area contributed by atoms with Crippen LogP contribution in [0, 0.1) is 0 Å².